The van der Waals surface area contributed by atoms with E-state index in [0.717, 1.165) is 16.4 Å². The molecule has 0 saturated carbocycles. The van der Waals surface area contributed by atoms with Gasteiger partial charge < -0.3 is 15.7 Å². The second-order valence-corrected chi connectivity index (χ2v) is 5.62. The van der Waals surface area contributed by atoms with Crippen LogP contribution in [0.1, 0.15) is 22.9 Å². The summed E-state index contributed by atoms with van der Waals surface area (Å²) in [5, 5.41) is 18.2. The molecule has 1 heterocycles. The molecule has 128 valence electrons. The SMILES string of the molecule is Cn1cc(NC(=O)N[C@@H]2Cc3ccccc3[C@H]2O)c(C(F)(F)F)n1. The molecule has 1 aromatic heterocycles. The topological polar surface area (TPSA) is 79.2 Å². The van der Waals surface area contributed by atoms with Gasteiger partial charge in [-0.05, 0) is 17.5 Å². The van der Waals surface area contributed by atoms with Gasteiger partial charge in [0, 0.05) is 13.2 Å². The third kappa shape index (κ3) is 3.07. The average Bonchev–Trinajstić information content (AvgIpc) is 3.00. The van der Waals surface area contributed by atoms with Crippen molar-refractivity contribution < 1.29 is 23.1 Å². The van der Waals surface area contributed by atoms with Gasteiger partial charge in [-0.15, -0.1) is 0 Å². The standard InChI is InChI=1S/C15H15F3N4O2/c1-22-7-11(13(21-22)15(16,17)18)20-14(24)19-10-6-8-4-2-3-5-9(8)12(10)23/h2-5,7,10,12,23H,6H2,1H3,(H2,19,20,24)/t10-,12-/m1/s1. The van der Waals surface area contributed by atoms with Crippen LogP contribution in [0, 0.1) is 0 Å². The lowest BCUT2D eigenvalue weighted by Crippen LogP contribution is -2.40. The third-order valence-corrected chi connectivity index (χ3v) is 3.86. The van der Waals surface area contributed by atoms with Crippen LogP contribution < -0.4 is 10.6 Å². The lowest BCUT2D eigenvalue weighted by Gasteiger charge is -2.17. The minimum Gasteiger partial charge on any atom is -0.386 e. The molecule has 9 heteroatoms. The second-order valence-electron chi connectivity index (χ2n) is 5.62. The molecule has 0 radical (unpaired) electrons. The molecule has 6 nitrogen and oxygen atoms in total. The van der Waals surface area contributed by atoms with Gasteiger partial charge in [0.1, 0.15) is 0 Å². The van der Waals surface area contributed by atoms with Crippen molar-refractivity contribution in [3.05, 3.63) is 47.3 Å². The van der Waals surface area contributed by atoms with E-state index in [1.54, 1.807) is 12.1 Å². The van der Waals surface area contributed by atoms with E-state index in [0.29, 0.717) is 12.0 Å². The predicted molar refractivity (Wildman–Crippen MR) is 79.3 cm³/mol. The Morgan fingerprint density at radius 3 is 2.75 bits per heavy atom. The number of carbonyl (C=O) groups excluding carboxylic acids is 1. The van der Waals surface area contributed by atoms with Gasteiger partial charge in [0.15, 0.2) is 5.69 Å². The summed E-state index contributed by atoms with van der Waals surface area (Å²) >= 11 is 0. The average molecular weight is 340 g/mol. The van der Waals surface area contributed by atoms with Gasteiger partial charge in [-0.1, -0.05) is 24.3 Å². The van der Waals surface area contributed by atoms with E-state index >= 15 is 0 Å². The first kappa shape index (κ1) is 16.3. The highest BCUT2D eigenvalue weighted by Crippen LogP contribution is 2.34. The molecule has 1 aliphatic rings. The Balaban J connectivity index is 1.70. The van der Waals surface area contributed by atoms with Crippen molar-refractivity contribution in [1.82, 2.24) is 15.1 Å². The fourth-order valence-corrected chi connectivity index (χ4v) is 2.82. The Morgan fingerprint density at radius 1 is 1.38 bits per heavy atom. The number of aliphatic hydroxyl groups excluding tert-OH is 1. The molecule has 2 atom stereocenters. The van der Waals surface area contributed by atoms with Crippen LogP contribution in [-0.4, -0.2) is 27.0 Å². The molecule has 3 rings (SSSR count). The molecule has 24 heavy (non-hydrogen) atoms. The number of aliphatic hydroxyl groups is 1. The monoisotopic (exact) mass is 340 g/mol. The fraction of sp³-hybridized carbons (Fsp3) is 0.333. The van der Waals surface area contributed by atoms with Gasteiger partial charge in [0.05, 0.1) is 17.8 Å². The summed E-state index contributed by atoms with van der Waals surface area (Å²) in [7, 11) is 1.33. The Bertz CT molecular complexity index is 772. The summed E-state index contributed by atoms with van der Waals surface area (Å²) in [5.74, 6) is 0. The van der Waals surface area contributed by atoms with Crippen LogP contribution in [0.3, 0.4) is 0 Å². The van der Waals surface area contributed by atoms with Crippen LogP contribution in [0.2, 0.25) is 0 Å². The molecule has 0 unspecified atom stereocenters. The number of nitrogens with zero attached hydrogens (tertiary/aromatic N) is 2. The summed E-state index contributed by atoms with van der Waals surface area (Å²) in [6, 6.07) is 5.75. The van der Waals surface area contributed by atoms with Gasteiger partial charge in [0.25, 0.3) is 0 Å². The Labute approximate surface area is 135 Å². The number of hydrogen-bond donors (Lipinski definition) is 3. The number of benzene rings is 1. The van der Waals surface area contributed by atoms with Crippen LogP contribution in [-0.2, 0) is 19.6 Å². The minimum absolute atomic E-state index is 0.407. The number of hydrogen-bond acceptors (Lipinski definition) is 3. The number of anilines is 1. The highest BCUT2D eigenvalue weighted by Gasteiger charge is 2.38. The largest absolute Gasteiger partial charge is 0.437 e. The maximum absolute atomic E-state index is 12.9. The van der Waals surface area contributed by atoms with E-state index < -0.39 is 35.7 Å². The van der Waals surface area contributed by atoms with E-state index in [1.807, 2.05) is 12.1 Å². The van der Waals surface area contributed by atoms with Gasteiger partial charge in [-0.2, -0.15) is 18.3 Å². The molecular formula is C15H15F3N4O2. The number of halogens is 3. The number of nitrogens with one attached hydrogen (secondary N) is 2. The van der Waals surface area contributed by atoms with Crippen LogP contribution in [0.25, 0.3) is 0 Å². The number of amides is 2. The Kier molecular flexibility index (Phi) is 3.96. The number of carbonyl (C=O) groups is 1. The molecule has 0 aliphatic heterocycles. The summed E-state index contributed by atoms with van der Waals surface area (Å²) in [6.45, 7) is 0. The summed E-state index contributed by atoms with van der Waals surface area (Å²) in [5.41, 5.74) is -0.00396. The number of fused-ring (bicyclic) bond motifs is 1. The molecule has 0 saturated heterocycles. The normalized spacial score (nSPS) is 19.9. The zero-order chi connectivity index (χ0) is 17.5. The number of aryl methyl sites for hydroxylation is 1. The molecule has 1 aliphatic carbocycles. The molecule has 0 fully saturated rings. The number of rotatable bonds is 2. The van der Waals surface area contributed by atoms with Gasteiger partial charge in [-0.25, -0.2) is 4.79 Å². The molecule has 2 aromatic rings. The summed E-state index contributed by atoms with van der Waals surface area (Å²) < 4.78 is 39.6. The van der Waals surface area contributed by atoms with E-state index in [2.05, 4.69) is 15.7 Å². The molecule has 0 bridgehead atoms. The first-order valence-electron chi connectivity index (χ1n) is 7.20. The third-order valence-electron chi connectivity index (χ3n) is 3.86. The molecule has 1 aromatic carbocycles. The van der Waals surface area contributed by atoms with Gasteiger partial charge in [-0.3, -0.25) is 4.68 Å². The van der Waals surface area contributed by atoms with Crippen molar-refractivity contribution in [2.75, 3.05) is 5.32 Å². The van der Waals surface area contributed by atoms with Crippen molar-refractivity contribution in [1.29, 1.82) is 0 Å². The lowest BCUT2D eigenvalue weighted by molar-refractivity contribution is -0.140. The van der Waals surface area contributed by atoms with E-state index in [-0.39, 0.29) is 0 Å². The van der Waals surface area contributed by atoms with Gasteiger partial charge >= 0.3 is 12.2 Å². The quantitative estimate of drug-likeness (QED) is 0.784. The van der Waals surface area contributed by atoms with Crippen molar-refractivity contribution in [3.63, 3.8) is 0 Å². The Hall–Kier alpha value is -2.55. The van der Waals surface area contributed by atoms with Crippen molar-refractivity contribution >= 4 is 11.7 Å². The van der Waals surface area contributed by atoms with Crippen LogP contribution >= 0.6 is 0 Å². The Morgan fingerprint density at radius 2 is 2.08 bits per heavy atom. The zero-order valence-electron chi connectivity index (χ0n) is 12.6. The minimum atomic E-state index is -4.67. The maximum atomic E-state index is 12.9. The summed E-state index contributed by atoms with van der Waals surface area (Å²) in [6.07, 6.45) is -4.10. The molecule has 3 N–H and O–H groups in total. The lowest BCUT2D eigenvalue weighted by atomic mass is 10.1. The fourth-order valence-electron chi connectivity index (χ4n) is 2.82. The predicted octanol–water partition coefficient (Wildman–Crippen LogP) is 2.22. The smallest absolute Gasteiger partial charge is 0.386 e. The van der Waals surface area contributed by atoms with Crippen LogP contribution in [0.5, 0.6) is 0 Å². The first-order chi connectivity index (χ1) is 11.3. The number of urea groups is 1. The molecule has 0 spiro atoms. The highest BCUT2D eigenvalue weighted by atomic mass is 19.4. The van der Waals surface area contributed by atoms with Crippen molar-refractivity contribution in [3.8, 4) is 0 Å². The highest BCUT2D eigenvalue weighted by molar-refractivity contribution is 5.90. The molecule has 2 amide bonds. The zero-order valence-corrected chi connectivity index (χ0v) is 12.6. The van der Waals surface area contributed by atoms with E-state index in [9.17, 15) is 23.1 Å². The van der Waals surface area contributed by atoms with E-state index in [1.165, 1.54) is 7.05 Å². The summed E-state index contributed by atoms with van der Waals surface area (Å²) in [4.78, 5) is 12.0. The second kappa shape index (κ2) is 5.82. The van der Waals surface area contributed by atoms with Crippen molar-refractivity contribution in [2.45, 2.75) is 24.7 Å². The van der Waals surface area contributed by atoms with Crippen LogP contribution in [0.4, 0.5) is 23.7 Å². The number of alkyl halides is 3. The first-order valence-corrected chi connectivity index (χ1v) is 7.20. The van der Waals surface area contributed by atoms with Crippen LogP contribution in [0.15, 0.2) is 30.5 Å². The van der Waals surface area contributed by atoms with Crippen molar-refractivity contribution in [2.24, 2.45) is 7.05 Å². The molecular weight excluding hydrogens is 325 g/mol. The van der Waals surface area contributed by atoms with Gasteiger partial charge in [0.2, 0.25) is 0 Å². The number of aromatic nitrogens is 2. The maximum Gasteiger partial charge on any atom is 0.437 e. The van der Waals surface area contributed by atoms with E-state index in [4.69, 9.17) is 0 Å².